The van der Waals surface area contributed by atoms with Crippen LogP contribution in [-0.2, 0) is 38.0 Å². The van der Waals surface area contributed by atoms with Gasteiger partial charge in [0.25, 0.3) is 0 Å². The summed E-state index contributed by atoms with van der Waals surface area (Å²) >= 11 is 0. The Labute approximate surface area is 258 Å². The van der Waals surface area contributed by atoms with Crippen molar-refractivity contribution in [3.63, 3.8) is 0 Å². The fourth-order valence-electron chi connectivity index (χ4n) is 5.52. The summed E-state index contributed by atoms with van der Waals surface area (Å²) in [5.41, 5.74) is 0. The third-order valence-corrected chi connectivity index (χ3v) is 8.17. The minimum absolute atomic E-state index is 0.802. The zero-order valence-corrected chi connectivity index (χ0v) is 23.7. The SMILES string of the molecule is O=C(O)[C@H]1O[C@H](O[C@@H]2[C@H](O)[C@H](O[C@H]3[C@H](O)[C@@H](O)[C@@H](O[C@H]4[C@H](O)[C@@H](CO)OC(O)[C@@H]4O)O[C@@H]3CO)O[C@H](CO)[C@H]2O)[C@H](O)[C@@H](O)[C@@H]1O. The molecule has 46 heavy (non-hydrogen) atoms. The van der Waals surface area contributed by atoms with Gasteiger partial charge in [0.1, 0.15) is 91.6 Å². The van der Waals surface area contributed by atoms with Crippen molar-refractivity contribution in [1.29, 1.82) is 0 Å². The maximum Gasteiger partial charge on any atom is 0.335 e. The van der Waals surface area contributed by atoms with Gasteiger partial charge in [-0.1, -0.05) is 0 Å². The first-order valence-electron chi connectivity index (χ1n) is 14.1. The molecule has 268 valence electrons. The Morgan fingerprint density at radius 3 is 1.43 bits per heavy atom. The summed E-state index contributed by atoms with van der Waals surface area (Å²) < 4.78 is 37.1. The summed E-state index contributed by atoms with van der Waals surface area (Å²) in [7, 11) is 0. The highest BCUT2D eigenvalue weighted by Gasteiger charge is 2.55. The van der Waals surface area contributed by atoms with Crippen molar-refractivity contribution in [2.45, 2.75) is 123 Å². The van der Waals surface area contributed by atoms with E-state index in [4.69, 9.17) is 33.2 Å². The van der Waals surface area contributed by atoms with Crippen LogP contribution in [0.4, 0.5) is 0 Å². The first kappa shape index (κ1) is 37.5. The maximum atomic E-state index is 11.4. The first-order chi connectivity index (χ1) is 21.7. The van der Waals surface area contributed by atoms with Gasteiger partial charge >= 0.3 is 5.97 Å². The van der Waals surface area contributed by atoms with Crippen molar-refractivity contribution in [3.8, 4) is 0 Å². The van der Waals surface area contributed by atoms with Crippen LogP contribution < -0.4 is 0 Å². The molecule has 20 atom stereocenters. The van der Waals surface area contributed by atoms with E-state index < -0.39 is 149 Å². The monoisotopic (exact) mass is 680 g/mol. The molecule has 0 radical (unpaired) electrons. The third-order valence-electron chi connectivity index (χ3n) is 8.17. The Morgan fingerprint density at radius 2 is 0.891 bits per heavy atom. The van der Waals surface area contributed by atoms with Gasteiger partial charge in [-0.15, -0.1) is 0 Å². The zero-order valence-electron chi connectivity index (χ0n) is 23.7. The second-order valence-corrected chi connectivity index (χ2v) is 11.2. The van der Waals surface area contributed by atoms with E-state index in [9.17, 15) is 76.3 Å². The van der Waals surface area contributed by atoms with Crippen LogP contribution in [0, 0.1) is 0 Å². The smallest absolute Gasteiger partial charge is 0.335 e. The van der Waals surface area contributed by atoms with Crippen molar-refractivity contribution >= 4 is 5.97 Å². The lowest BCUT2D eigenvalue weighted by Gasteiger charge is -2.48. The number of aliphatic hydroxyl groups is 13. The average Bonchev–Trinajstić information content (AvgIpc) is 3.03. The molecule has 4 heterocycles. The van der Waals surface area contributed by atoms with Gasteiger partial charge in [-0.25, -0.2) is 4.79 Å². The molecule has 22 nitrogen and oxygen atoms in total. The summed E-state index contributed by atoms with van der Waals surface area (Å²) in [5, 5.41) is 142. The van der Waals surface area contributed by atoms with E-state index in [1.807, 2.05) is 0 Å². The first-order valence-corrected chi connectivity index (χ1v) is 14.1. The molecule has 0 spiro atoms. The van der Waals surface area contributed by atoms with Crippen LogP contribution in [0.5, 0.6) is 0 Å². The summed E-state index contributed by atoms with van der Waals surface area (Å²) in [5.74, 6) is -1.75. The molecular weight excluding hydrogens is 640 g/mol. The van der Waals surface area contributed by atoms with Crippen molar-refractivity contribution in [3.05, 3.63) is 0 Å². The van der Waals surface area contributed by atoms with Gasteiger partial charge in [0, 0.05) is 0 Å². The van der Waals surface area contributed by atoms with Crippen molar-refractivity contribution < 1.29 is 109 Å². The number of carboxylic acid groups (broad SMARTS) is 1. The molecule has 0 aliphatic carbocycles. The highest BCUT2D eigenvalue weighted by Crippen LogP contribution is 2.34. The van der Waals surface area contributed by atoms with E-state index in [1.54, 1.807) is 0 Å². The van der Waals surface area contributed by atoms with Gasteiger partial charge < -0.3 is 105 Å². The highest BCUT2D eigenvalue weighted by molar-refractivity contribution is 5.73. The quantitative estimate of drug-likeness (QED) is 0.102. The molecule has 0 aromatic carbocycles. The van der Waals surface area contributed by atoms with Crippen LogP contribution in [0.15, 0.2) is 0 Å². The predicted molar refractivity (Wildman–Crippen MR) is 134 cm³/mol. The van der Waals surface area contributed by atoms with Crippen molar-refractivity contribution in [1.82, 2.24) is 0 Å². The number of carboxylic acids is 1. The lowest BCUT2D eigenvalue weighted by atomic mass is 9.95. The fourth-order valence-corrected chi connectivity index (χ4v) is 5.52. The molecule has 4 rings (SSSR count). The number of aliphatic carboxylic acids is 1. The van der Waals surface area contributed by atoms with Crippen LogP contribution in [0.3, 0.4) is 0 Å². The second kappa shape index (κ2) is 15.5. The zero-order chi connectivity index (χ0) is 34.2. The van der Waals surface area contributed by atoms with E-state index >= 15 is 0 Å². The number of carbonyl (C=O) groups is 1. The molecule has 14 N–H and O–H groups in total. The number of rotatable bonds is 10. The largest absolute Gasteiger partial charge is 0.479 e. The van der Waals surface area contributed by atoms with E-state index in [2.05, 4.69) is 0 Å². The van der Waals surface area contributed by atoms with E-state index in [1.165, 1.54) is 0 Å². The number of ether oxygens (including phenoxy) is 7. The number of aliphatic hydroxyl groups excluding tert-OH is 13. The van der Waals surface area contributed by atoms with E-state index in [0.29, 0.717) is 0 Å². The summed E-state index contributed by atoms with van der Waals surface area (Å²) in [6.07, 6.45) is -38.2. The van der Waals surface area contributed by atoms with Gasteiger partial charge in [-0.3, -0.25) is 0 Å². The Hall–Kier alpha value is -1.33. The second-order valence-electron chi connectivity index (χ2n) is 11.2. The molecule has 0 aromatic heterocycles. The van der Waals surface area contributed by atoms with E-state index in [-0.39, 0.29) is 0 Å². The molecule has 4 saturated heterocycles. The molecule has 4 fully saturated rings. The van der Waals surface area contributed by atoms with Gasteiger partial charge in [-0.2, -0.15) is 0 Å². The van der Waals surface area contributed by atoms with Crippen LogP contribution in [0.2, 0.25) is 0 Å². The Kier molecular flexibility index (Phi) is 12.6. The molecule has 0 aromatic rings. The molecule has 0 bridgehead atoms. The highest BCUT2D eigenvalue weighted by atomic mass is 16.8. The predicted octanol–water partition coefficient (Wildman–Crippen LogP) is -9.66. The van der Waals surface area contributed by atoms with Crippen LogP contribution >= 0.6 is 0 Å². The molecular formula is C24H40O22. The lowest BCUT2D eigenvalue weighted by Crippen LogP contribution is -2.67. The number of hydrogen-bond acceptors (Lipinski definition) is 21. The van der Waals surface area contributed by atoms with Gasteiger partial charge in [-0.05, 0) is 0 Å². The maximum absolute atomic E-state index is 11.4. The van der Waals surface area contributed by atoms with Crippen molar-refractivity contribution in [2.24, 2.45) is 0 Å². The molecule has 22 heteroatoms. The summed E-state index contributed by atoms with van der Waals surface area (Å²) in [6, 6.07) is 0. The van der Waals surface area contributed by atoms with Crippen LogP contribution in [0.1, 0.15) is 0 Å². The van der Waals surface area contributed by atoms with Gasteiger partial charge in [0.15, 0.2) is 31.3 Å². The van der Waals surface area contributed by atoms with Gasteiger partial charge in [0.05, 0.1) is 19.8 Å². The molecule has 0 saturated carbocycles. The fraction of sp³-hybridized carbons (Fsp3) is 0.958. The Morgan fingerprint density at radius 1 is 0.457 bits per heavy atom. The minimum atomic E-state index is -2.11. The van der Waals surface area contributed by atoms with E-state index in [0.717, 1.165) is 0 Å². The summed E-state index contributed by atoms with van der Waals surface area (Å²) in [4.78, 5) is 11.4. The Balaban J connectivity index is 1.49. The molecule has 0 amide bonds. The topological polar surface area (TPSA) is 365 Å². The molecule has 4 aliphatic rings. The molecule has 1 unspecified atom stereocenters. The molecule has 4 aliphatic heterocycles. The normalized spacial score (nSPS) is 51.9. The number of hydrogen-bond donors (Lipinski definition) is 14. The van der Waals surface area contributed by atoms with Crippen LogP contribution in [0.25, 0.3) is 0 Å². The standard InChI is InChI=1S/C24H40O22/c25-1-4-7(28)17(14(35)21(39)40-4)44-22-13(34)11(32)16(6(3-27)42-22)43-24-15(36)18(8(29)5(2-26)41-24)45-23-12(33)9(30)10(31)19(46-23)20(37)38/h4-19,21-36,39H,1-3H2,(H,37,38)/t4-,5-,6-,7-,8-,9+,10+,11-,12-,13-,14-,15+,16-,17+,18+,19+,21?,22-,23+,24+/m1/s1. The third kappa shape index (κ3) is 7.31. The Bertz CT molecular complexity index is 990. The minimum Gasteiger partial charge on any atom is -0.479 e. The summed E-state index contributed by atoms with van der Waals surface area (Å²) in [6.45, 7) is -2.70. The van der Waals surface area contributed by atoms with Crippen molar-refractivity contribution in [2.75, 3.05) is 19.8 Å². The van der Waals surface area contributed by atoms with Crippen LogP contribution in [-0.4, -0.2) is 220 Å². The average molecular weight is 681 g/mol. The van der Waals surface area contributed by atoms with Gasteiger partial charge in [0.2, 0.25) is 0 Å². The lowest BCUT2D eigenvalue weighted by molar-refractivity contribution is -0.387.